The number of ether oxygens (including phenoxy) is 21. The van der Waals surface area contributed by atoms with Crippen LogP contribution in [0.25, 0.3) is 0 Å². The van der Waals surface area contributed by atoms with Crippen molar-refractivity contribution in [1.82, 2.24) is 0 Å². The monoisotopic (exact) mass is 1680 g/mol. The molecule has 0 amide bonds. The van der Waals surface area contributed by atoms with Gasteiger partial charge in [0.05, 0.1) is 33.0 Å². The summed E-state index contributed by atoms with van der Waals surface area (Å²) in [6.07, 6.45) is -1.73. The maximum absolute atomic E-state index is 6.58. The number of hydrogen-bond donors (Lipinski definition) is 0. The van der Waals surface area contributed by atoms with Crippen LogP contribution in [0, 0.1) is 0 Å². The summed E-state index contributed by atoms with van der Waals surface area (Å²) in [6.45, 7) is 44.8. The summed E-state index contributed by atoms with van der Waals surface area (Å²) >= 11 is 3.54. The van der Waals surface area contributed by atoms with E-state index >= 15 is 0 Å². The van der Waals surface area contributed by atoms with E-state index in [4.69, 9.17) is 99.5 Å². The van der Waals surface area contributed by atoms with Gasteiger partial charge in [0.1, 0.15) is 176 Å². The second kappa shape index (κ2) is 39.1. The van der Waals surface area contributed by atoms with Crippen LogP contribution >= 0.6 is 15.9 Å². The molecular weight excluding hydrogens is 1560 g/mol. The van der Waals surface area contributed by atoms with Crippen LogP contribution in [-0.2, 0) is 59.6 Å². The molecule has 11 rings (SSSR count). The van der Waals surface area contributed by atoms with E-state index in [1.165, 1.54) is 22.3 Å². The summed E-state index contributed by atoms with van der Waals surface area (Å²) in [4.78, 5) is 0. The van der Waals surface area contributed by atoms with Crippen LogP contribution in [0.5, 0.6) is 74.7 Å². The molecule has 7 aromatic carbocycles. The van der Waals surface area contributed by atoms with Gasteiger partial charge in [0, 0.05) is 72.8 Å². The van der Waals surface area contributed by atoms with Gasteiger partial charge in [0.15, 0.2) is 23.1 Å². The molecule has 117 heavy (non-hydrogen) atoms. The van der Waals surface area contributed by atoms with Crippen LogP contribution in [0.2, 0.25) is 0 Å². The first-order chi connectivity index (χ1) is 55.2. The minimum atomic E-state index is -0.870. The molecule has 0 aliphatic carbocycles. The van der Waals surface area contributed by atoms with Crippen LogP contribution in [0.4, 0.5) is 0 Å². The largest absolute Gasteiger partial charge is 0.493 e. The van der Waals surface area contributed by atoms with E-state index in [1.54, 1.807) is 0 Å². The highest BCUT2D eigenvalue weighted by molar-refractivity contribution is 9.09. The Kier molecular flexibility index (Phi) is 30.0. The smallest absolute Gasteiger partial charge is 0.164 e. The first-order valence-corrected chi connectivity index (χ1v) is 42.4. The Balaban J connectivity index is 0.724. The van der Waals surface area contributed by atoms with E-state index in [-0.39, 0.29) is 74.5 Å². The average molecular weight is 1680 g/mol. The topological polar surface area (TPSA) is 194 Å². The fraction of sp³-hybridized carbons (Fsp3) is 0.558. The van der Waals surface area contributed by atoms with Crippen LogP contribution < -0.4 is 61.6 Å². The third kappa shape index (κ3) is 27.8. The van der Waals surface area contributed by atoms with E-state index < -0.39 is 72.0 Å². The lowest BCUT2D eigenvalue weighted by atomic mass is 9.87. The van der Waals surface area contributed by atoms with Crippen molar-refractivity contribution >= 4 is 15.9 Å². The Morgan fingerprint density at radius 2 is 0.368 bits per heavy atom. The van der Waals surface area contributed by atoms with Crippen LogP contribution in [0.15, 0.2) is 152 Å². The summed E-state index contributed by atoms with van der Waals surface area (Å²) in [5, 5.41) is 0.786. The summed E-state index contributed by atoms with van der Waals surface area (Å²) in [5.41, 5.74) is 4.93. The normalized spacial score (nSPS) is 21.4. The predicted octanol–water partition coefficient (Wildman–Crippen LogP) is 19.6. The van der Waals surface area contributed by atoms with Crippen LogP contribution in [0.3, 0.4) is 0 Å². The first-order valence-electron chi connectivity index (χ1n) is 41.3. The van der Waals surface area contributed by atoms with E-state index in [9.17, 15) is 0 Å². The maximum Gasteiger partial charge on any atom is 0.164 e. The van der Waals surface area contributed by atoms with Gasteiger partial charge >= 0.3 is 0 Å². The van der Waals surface area contributed by atoms with Crippen molar-refractivity contribution in [1.29, 1.82) is 0 Å². The third-order valence-corrected chi connectivity index (χ3v) is 20.7. The Morgan fingerprint density at radius 3 is 0.521 bits per heavy atom. The molecule has 4 fully saturated rings. The average Bonchev–Trinajstić information content (AvgIpc) is 1.69. The second-order valence-electron chi connectivity index (χ2n) is 36.3. The molecule has 0 aromatic heterocycles. The third-order valence-electron chi connectivity index (χ3n) is 20.1. The van der Waals surface area contributed by atoms with Crippen molar-refractivity contribution in [3.8, 4) is 74.7 Å². The molecule has 4 aliphatic rings. The van der Waals surface area contributed by atoms with Gasteiger partial charge in [-0.15, -0.1) is 0 Å². The summed E-state index contributed by atoms with van der Waals surface area (Å²) in [6, 6.07) is 49.3. The molecule has 21 nitrogen and oxygen atoms in total. The lowest BCUT2D eigenvalue weighted by molar-refractivity contribution is -0.150. The number of halogens is 1. The fourth-order valence-corrected chi connectivity index (χ4v) is 14.1. The molecule has 0 bridgehead atoms. The molecule has 0 saturated carbocycles. The van der Waals surface area contributed by atoms with E-state index in [0.29, 0.717) is 97.6 Å². The molecule has 8 atom stereocenters. The van der Waals surface area contributed by atoms with Gasteiger partial charge in [-0.1, -0.05) is 148 Å². The number of hydrogen-bond acceptors (Lipinski definition) is 21. The Labute approximate surface area is 702 Å². The molecule has 0 unspecified atom stereocenters. The van der Waals surface area contributed by atoms with Gasteiger partial charge in [-0.25, -0.2) is 0 Å². The predicted molar refractivity (Wildman–Crippen MR) is 454 cm³/mol. The maximum atomic E-state index is 6.58. The molecule has 4 heterocycles. The zero-order valence-electron chi connectivity index (χ0n) is 72.5. The Bertz CT molecular complexity index is 3750. The summed E-state index contributed by atoms with van der Waals surface area (Å²) in [5.74, 6) is 4.31. The minimum Gasteiger partial charge on any atom is -0.493 e. The van der Waals surface area contributed by atoms with E-state index in [2.05, 4.69) is 148 Å². The van der Waals surface area contributed by atoms with Crippen LogP contribution in [0.1, 0.15) is 180 Å². The van der Waals surface area contributed by atoms with Gasteiger partial charge in [0.2, 0.25) is 0 Å². The Hall–Kier alpha value is -7.90. The van der Waals surface area contributed by atoms with Crippen molar-refractivity contribution in [3.63, 3.8) is 0 Å². The standard InChI is InChI=1S/C95H127BrO21/c1-88(2,3)63-24-32-67(33-25-63)102-55-80-84(114-92(13,14)110-80)59-106-76-49-74(50-77(53-76)107-60-85-81(111-93(15,16)115-85)56-103-68-34-26-64(27-35-68)89(4,5)6)100-44-22-42-98-72-46-71(97-41-21-40-96)47-73(48-72)99-43-23-45-101-75-51-78(108-61-86-82(112-94(17,18)116-86)57-104-69-36-28-65(29-37-69)90(7,8)9)54-79(52-75)109-62-87-83(113-95(19,20)117-87)58-105-70-38-30-66(31-39-70)91(10,11)12/h24-39,46-54,80-87H,21-23,40-45,55-62H2,1-20H3/t80-,81-,82-,83-,84-,85-,86-,87-/m0/s1. The van der Waals surface area contributed by atoms with Crippen molar-refractivity contribution in [3.05, 3.63) is 174 Å². The molecule has 0 radical (unpaired) electrons. The first kappa shape index (κ1) is 89.9. The van der Waals surface area contributed by atoms with Crippen molar-refractivity contribution < 1.29 is 99.5 Å². The molecule has 0 N–H and O–H groups in total. The van der Waals surface area contributed by atoms with Crippen LogP contribution in [-0.4, -0.2) is 163 Å². The fourth-order valence-electron chi connectivity index (χ4n) is 13.9. The lowest BCUT2D eigenvalue weighted by Gasteiger charge is -2.21. The van der Waals surface area contributed by atoms with Crippen molar-refractivity contribution in [2.75, 3.05) is 91.2 Å². The molecule has 7 aromatic rings. The van der Waals surface area contributed by atoms with Crippen molar-refractivity contribution in [2.24, 2.45) is 0 Å². The molecule has 22 heteroatoms. The van der Waals surface area contributed by atoms with E-state index in [0.717, 1.165) is 34.7 Å². The van der Waals surface area contributed by atoms with Gasteiger partial charge in [-0.05, 0) is 154 Å². The summed E-state index contributed by atoms with van der Waals surface area (Å²) < 4.78 is 135. The Morgan fingerprint density at radius 1 is 0.222 bits per heavy atom. The van der Waals surface area contributed by atoms with Crippen molar-refractivity contribution in [2.45, 2.75) is 251 Å². The number of alkyl halides is 1. The van der Waals surface area contributed by atoms with E-state index in [1.807, 2.05) is 159 Å². The molecular formula is C95H127BrO21. The SMILES string of the molecule is CC1(C)O[C@@H](COc2ccc(C(C)(C)C)cc2)[C@H](COc2cc(OCCCOc3cc(OCCCBr)cc(OCCCOc4cc(OC[C@@H]5OC(C)(C)O[C@H]5COc5ccc(C(C)(C)C)cc5)cc(OC[C@@H]5OC(C)(C)O[C@H]5COc5ccc(C(C)(C)C)cc5)c4)c3)cc(OC[C@@H]3OC(C)(C)O[C@H]3COc3ccc(C(C)(C)C)cc3)c2)O1. The highest BCUT2D eigenvalue weighted by Gasteiger charge is 2.46. The van der Waals surface area contributed by atoms with Gasteiger partial charge in [-0.3, -0.25) is 0 Å². The lowest BCUT2D eigenvalue weighted by Crippen LogP contribution is -2.34. The highest BCUT2D eigenvalue weighted by atomic mass is 79.9. The zero-order chi connectivity index (χ0) is 84.0. The minimum absolute atomic E-state index is 0.0140. The molecule has 0 spiro atoms. The molecule has 4 aliphatic heterocycles. The quantitative estimate of drug-likeness (QED) is 0.0260. The highest BCUT2D eigenvalue weighted by Crippen LogP contribution is 2.40. The summed E-state index contributed by atoms with van der Waals surface area (Å²) in [7, 11) is 0. The van der Waals surface area contributed by atoms with Gasteiger partial charge in [-0.2, -0.15) is 0 Å². The molecule has 640 valence electrons. The molecule has 4 saturated heterocycles. The number of rotatable bonds is 40. The number of benzene rings is 7. The van der Waals surface area contributed by atoms with Gasteiger partial charge < -0.3 is 99.5 Å². The zero-order valence-corrected chi connectivity index (χ0v) is 74.1. The van der Waals surface area contributed by atoms with Gasteiger partial charge in [0.25, 0.3) is 0 Å². The second-order valence-corrected chi connectivity index (χ2v) is 37.1.